The number of halogens is 2. The summed E-state index contributed by atoms with van der Waals surface area (Å²) >= 11 is 7.70. The predicted octanol–water partition coefficient (Wildman–Crippen LogP) is 4.74. The highest BCUT2D eigenvalue weighted by Crippen LogP contribution is 2.38. The molecule has 0 unspecified atom stereocenters. The first kappa shape index (κ1) is 18.1. The SMILES string of the molecule is O=c1c2c(-c3ccc(F)cc3)csc2ncn1Cc1cc(Cl)c2c(c1)OCCO2. The lowest BCUT2D eigenvalue weighted by Crippen LogP contribution is -2.21. The van der Waals surface area contributed by atoms with Gasteiger partial charge in [-0.3, -0.25) is 9.36 Å². The summed E-state index contributed by atoms with van der Waals surface area (Å²) in [7, 11) is 0. The highest BCUT2D eigenvalue weighted by molar-refractivity contribution is 7.17. The predicted molar refractivity (Wildman–Crippen MR) is 111 cm³/mol. The number of benzene rings is 2. The summed E-state index contributed by atoms with van der Waals surface area (Å²) in [6, 6.07) is 9.67. The summed E-state index contributed by atoms with van der Waals surface area (Å²) in [5.74, 6) is 0.779. The van der Waals surface area contributed by atoms with Gasteiger partial charge in [-0.05, 0) is 35.4 Å². The summed E-state index contributed by atoms with van der Waals surface area (Å²) in [5.41, 5.74) is 2.16. The lowest BCUT2D eigenvalue weighted by molar-refractivity contribution is 0.171. The molecule has 0 aliphatic carbocycles. The van der Waals surface area contributed by atoms with Gasteiger partial charge in [0.05, 0.1) is 23.3 Å². The topological polar surface area (TPSA) is 53.4 Å². The Morgan fingerprint density at radius 2 is 1.97 bits per heavy atom. The zero-order valence-corrected chi connectivity index (χ0v) is 16.6. The van der Waals surface area contributed by atoms with E-state index in [1.807, 2.05) is 11.4 Å². The van der Waals surface area contributed by atoms with Gasteiger partial charge < -0.3 is 9.47 Å². The molecule has 3 heterocycles. The van der Waals surface area contributed by atoms with Crippen molar-refractivity contribution in [3.8, 4) is 22.6 Å². The van der Waals surface area contributed by atoms with Crippen LogP contribution in [0.1, 0.15) is 5.56 Å². The van der Waals surface area contributed by atoms with E-state index >= 15 is 0 Å². The first-order valence-electron chi connectivity index (χ1n) is 8.91. The van der Waals surface area contributed by atoms with Crippen LogP contribution in [0.5, 0.6) is 11.5 Å². The third-order valence-corrected chi connectivity index (χ3v) is 5.89. The summed E-state index contributed by atoms with van der Waals surface area (Å²) in [4.78, 5) is 18.3. The molecule has 0 amide bonds. The van der Waals surface area contributed by atoms with Crippen LogP contribution in [-0.2, 0) is 6.54 Å². The van der Waals surface area contributed by atoms with Gasteiger partial charge in [-0.2, -0.15) is 0 Å². The van der Waals surface area contributed by atoms with Crippen LogP contribution >= 0.6 is 22.9 Å². The molecule has 0 atom stereocenters. The molecule has 1 aliphatic rings. The second kappa shape index (κ2) is 7.17. The minimum absolute atomic E-state index is 0.165. The van der Waals surface area contributed by atoms with E-state index in [0.29, 0.717) is 40.0 Å². The van der Waals surface area contributed by atoms with Crippen LogP contribution in [0, 0.1) is 5.82 Å². The first-order chi connectivity index (χ1) is 14.1. The molecular weight excluding hydrogens is 415 g/mol. The Morgan fingerprint density at radius 3 is 2.79 bits per heavy atom. The zero-order valence-electron chi connectivity index (χ0n) is 15.0. The number of fused-ring (bicyclic) bond motifs is 2. The molecule has 8 heteroatoms. The number of rotatable bonds is 3. The number of thiophene rings is 1. The molecule has 5 rings (SSSR count). The highest BCUT2D eigenvalue weighted by atomic mass is 35.5. The van der Waals surface area contributed by atoms with Crippen molar-refractivity contribution < 1.29 is 13.9 Å². The van der Waals surface area contributed by atoms with Crippen LogP contribution in [0.2, 0.25) is 5.02 Å². The van der Waals surface area contributed by atoms with Gasteiger partial charge in [0, 0.05) is 10.9 Å². The highest BCUT2D eigenvalue weighted by Gasteiger charge is 2.18. The van der Waals surface area contributed by atoms with E-state index in [1.54, 1.807) is 18.2 Å². The van der Waals surface area contributed by atoms with Crippen molar-refractivity contribution in [3.63, 3.8) is 0 Å². The monoisotopic (exact) mass is 428 g/mol. The lowest BCUT2D eigenvalue weighted by Gasteiger charge is -2.20. The van der Waals surface area contributed by atoms with Gasteiger partial charge in [0.25, 0.3) is 5.56 Å². The quantitative estimate of drug-likeness (QED) is 0.473. The van der Waals surface area contributed by atoms with Crippen LogP contribution in [0.4, 0.5) is 4.39 Å². The first-order valence-corrected chi connectivity index (χ1v) is 10.2. The Balaban J connectivity index is 1.57. The van der Waals surface area contributed by atoms with Gasteiger partial charge in [0.1, 0.15) is 23.9 Å². The fourth-order valence-corrected chi connectivity index (χ4v) is 4.57. The van der Waals surface area contributed by atoms with E-state index in [2.05, 4.69) is 4.98 Å². The average Bonchev–Trinajstić information content (AvgIpc) is 3.16. The van der Waals surface area contributed by atoms with Crippen molar-refractivity contribution in [2.45, 2.75) is 6.54 Å². The molecule has 1 aliphatic heterocycles. The van der Waals surface area contributed by atoms with Gasteiger partial charge in [-0.15, -0.1) is 11.3 Å². The Morgan fingerprint density at radius 1 is 1.17 bits per heavy atom. The van der Waals surface area contributed by atoms with Gasteiger partial charge in [0.15, 0.2) is 11.5 Å². The minimum Gasteiger partial charge on any atom is -0.486 e. The molecule has 29 heavy (non-hydrogen) atoms. The van der Waals surface area contributed by atoms with Crippen molar-refractivity contribution >= 4 is 33.2 Å². The molecule has 0 spiro atoms. The van der Waals surface area contributed by atoms with Gasteiger partial charge in [-0.1, -0.05) is 23.7 Å². The molecule has 146 valence electrons. The standard InChI is InChI=1S/C21H14ClFN2O3S/c22-16-7-12(8-17-19(16)28-6-5-27-17)9-25-11-24-20-18(21(25)26)15(10-29-20)13-1-3-14(23)4-2-13/h1-4,7-8,10-11H,5-6,9H2. The lowest BCUT2D eigenvalue weighted by atomic mass is 10.1. The normalized spacial score (nSPS) is 13.0. The van der Waals surface area contributed by atoms with E-state index in [9.17, 15) is 9.18 Å². The number of aromatic nitrogens is 2. The van der Waals surface area contributed by atoms with E-state index in [4.69, 9.17) is 21.1 Å². The Bertz CT molecular complexity index is 1280. The van der Waals surface area contributed by atoms with Crippen molar-refractivity contribution in [3.05, 3.63) is 74.9 Å². The maximum absolute atomic E-state index is 13.3. The molecular formula is C21H14ClFN2O3S. The largest absolute Gasteiger partial charge is 0.486 e. The third-order valence-electron chi connectivity index (χ3n) is 4.73. The van der Waals surface area contributed by atoms with Crippen LogP contribution in [0.25, 0.3) is 21.3 Å². The smallest absolute Gasteiger partial charge is 0.263 e. The van der Waals surface area contributed by atoms with Gasteiger partial charge >= 0.3 is 0 Å². The number of hydrogen-bond donors (Lipinski definition) is 0. The Kier molecular flexibility index (Phi) is 4.49. The maximum atomic E-state index is 13.3. The molecule has 2 aromatic carbocycles. The Labute approximate surface area is 173 Å². The summed E-state index contributed by atoms with van der Waals surface area (Å²) in [6.45, 7) is 1.20. The molecule has 0 saturated heterocycles. The molecule has 0 fully saturated rings. The second-order valence-corrected chi connectivity index (χ2v) is 7.88. The molecule has 0 saturated carbocycles. The summed E-state index contributed by atoms with van der Waals surface area (Å²) in [6.07, 6.45) is 1.53. The van der Waals surface area contributed by atoms with Crippen molar-refractivity contribution in [2.24, 2.45) is 0 Å². The number of hydrogen-bond acceptors (Lipinski definition) is 5. The van der Waals surface area contributed by atoms with E-state index < -0.39 is 0 Å². The van der Waals surface area contributed by atoms with E-state index in [-0.39, 0.29) is 17.9 Å². The average molecular weight is 429 g/mol. The fraction of sp³-hybridized carbons (Fsp3) is 0.143. The number of ether oxygens (including phenoxy) is 2. The van der Waals surface area contributed by atoms with Gasteiger partial charge in [-0.25, -0.2) is 9.37 Å². The molecule has 0 bridgehead atoms. The molecule has 0 N–H and O–H groups in total. The molecule has 4 aromatic rings. The second-order valence-electron chi connectivity index (χ2n) is 6.62. The van der Waals surface area contributed by atoms with Crippen LogP contribution in [0.15, 0.2) is 52.9 Å². The van der Waals surface area contributed by atoms with E-state index in [1.165, 1.54) is 34.4 Å². The molecule has 5 nitrogen and oxygen atoms in total. The zero-order chi connectivity index (χ0) is 20.0. The number of nitrogens with zero attached hydrogens (tertiary/aromatic N) is 2. The van der Waals surface area contributed by atoms with Crippen molar-refractivity contribution in [1.29, 1.82) is 0 Å². The molecule has 0 radical (unpaired) electrons. The van der Waals surface area contributed by atoms with E-state index in [0.717, 1.165) is 16.7 Å². The minimum atomic E-state index is -0.320. The van der Waals surface area contributed by atoms with Crippen LogP contribution < -0.4 is 15.0 Å². The van der Waals surface area contributed by atoms with Crippen LogP contribution in [0.3, 0.4) is 0 Å². The summed E-state index contributed by atoms with van der Waals surface area (Å²) < 4.78 is 26.0. The maximum Gasteiger partial charge on any atom is 0.263 e. The fourth-order valence-electron chi connectivity index (χ4n) is 3.37. The Hall–Kier alpha value is -2.90. The summed E-state index contributed by atoms with van der Waals surface area (Å²) in [5, 5.41) is 2.84. The molecule has 2 aromatic heterocycles. The van der Waals surface area contributed by atoms with Gasteiger partial charge in [0.2, 0.25) is 0 Å². The van der Waals surface area contributed by atoms with Crippen LogP contribution in [-0.4, -0.2) is 22.8 Å². The van der Waals surface area contributed by atoms with Crippen molar-refractivity contribution in [1.82, 2.24) is 9.55 Å². The van der Waals surface area contributed by atoms with Crippen molar-refractivity contribution in [2.75, 3.05) is 13.2 Å². The third kappa shape index (κ3) is 3.26.